The third kappa shape index (κ3) is 3.28. The Morgan fingerprint density at radius 1 is 1.19 bits per heavy atom. The zero-order chi connectivity index (χ0) is 21.8. The Bertz CT molecular complexity index is 1340. The molecule has 2 aromatic carbocycles. The second kappa shape index (κ2) is 7.35. The van der Waals surface area contributed by atoms with E-state index in [0.29, 0.717) is 12.1 Å². The number of H-pyrrole nitrogens is 1. The van der Waals surface area contributed by atoms with Crippen molar-refractivity contribution in [3.05, 3.63) is 80.6 Å². The van der Waals surface area contributed by atoms with Crippen LogP contribution >= 0.6 is 27.3 Å². The van der Waals surface area contributed by atoms with Crippen LogP contribution in [0.4, 0.5) is 11.4 Å². The van der Waals surface area contributed by atoms with Gasteiger partial charge in [-0.3, -0.25) is 9.59 Å². The molecule has 0 saturated carbocycles. The number of carbonyl (C=O) groups is 2. The zero-order valence-electron chi connectivity index (χ0n) is 17.0. The number of benzene rings is 2. The van der Waals surface area contributed by atoms with E-state index < -0.39 is 5.41 Å². The zero-order valence-corrected chi connectivity index (χ0v) is 19.4. The number of halogens is 1. The second-order valence-corrected chi connectivity index (χ2v) is 10.4. The van der Waals surface area contributed by atoms with Gasteiger partial charge in [-0.05, 0) is 70.5 Å². The van der Waals surface area contributed by atoms with Gasteiger partial charge in [-0.1, -0.05) is 24.3 Å². The number of nitrogens with zero attached hydrogens (tertiary/aromatic N) is 1. The molecule has 4 aromatic rings. The average Bonchev–Trinajstić information content (AvgIpc) is 3.41. The van der Waals surface area contributed by atoms with Crippen molar-refractivity contribution < 1.29 is 9.59 Å². The van der Waals surface area contributed by atoms with Gasteiger partial charge in [0.2, 0.25) is 5.91 Å². The van der Waals surface area contributed by atoms with E-state index in [1.54, 1.807) is 28.5 Å². The maximum Gasteiger partial charge on any atom is 0.255 e. The highest BCUT2D eigenvalue weighted by Gasteiger charge is 2.44. The highest BCUT2D eigenvalue weighted by molar-refractivity contribution is 9.11. The fourth-order valence-electron chi connectivity index (χ4n) is 4.12. The molecule has 0 bridgehead atoms. The Morgan fingerprint density at radius 2 is 2.00 bits per heavy atom. The molecule has 0 aliphatic carbocycles. The first kappa shape index (κ1) is 20.0. The number of nitrogens with one attached hydrogen (secondary N) is 2. The van der Waals surface area contributed by atoms with Gasteiger partial charge < -0.3 is 15.2 Å². The molecule has 1 aliphatic rings. The number of para-hydroxylation sites is 1. The Hall–Kier alpha value is -2.90. The molecule has 2 amide bonds. The molecule has 0 saturated heterocycles. The van der Waals surface area contributed by atoms with E-state index in [0.717, 1.165) is 37.2 Å². The highest BCUT2D eigenvalue weighted by atomic mass is 79.9. The second-order valence-electron chi connectivity index (χ2n) is 8.17. The van der Waals surface area contributed by atoms with Gasteiger partial charge >= 0.3 is 0 Å². The fourth-order valence-corrected chi connectivity index (χ4v) is 5.33. The number of hydrogen-bond acceptors (Lipinski definition) is 3. The summed E-state index contributed by atoms with van der Waals surface area (Å²) in [5.41, 5.74) is 4.36. The van der Waals surface area contributed by atoms with Crippen LogP contribution in [0.3, 0.4) is 0 Å². The van der Waals surface area contributed by atoms with Gasteiger partial charge in [-0.2, -0.15) is 0 Å². The number of anilines is 2. The maximum absolute atomic E-state index is 13.2. The van der Waals surface area contributed by atoms with Gasteiger partial charge in [0, 0.05) is 28.4 Å². The topological polar surface area (TPSA) is 65.2 Å². The van der Waals surface area contributed by atoms with E-state index in [1.165, 1.54) is 0 Å². The van der Waals surface area contributed by atoms with Crippen LogP contribution in [-0.4, -0.2) is 16.8 Å². The van der Waals surface area contributed by atoms with Crippen LogP contribution < -0.4 is 10.2 Å². The number of carbonyl (C=O) groups excluding carboxylic acids is 2. The first-order valence-corrected chi connectivity index (χ1v) is 11.6. The number of rotatable bonds is 4. The third-order valence-corrected chi connectivity index (χ3v) is 7.67. The predicted octanol–water partition coefficient (Wildman–Crippen LogP) is 6.07. The minimum absolute atomic E-state index is 0.0368. The van der Waals surface area contributed by atoms with Crippen molar-refractivity contribution in [2.45, 2.75) is 25.8 Å². The molecule has 3 heterocycles. The van der Waals surface area contributed by atoms with E-state index in [-0.39, 0.29) is 11.8 Å². The number of hydrogen-bond donors (Lipinski definition) is 2. The summed E-state index contributed by atoms with van der Waals surface area (Å²) < 4.78 is 1.01. The minimum atomic E-state index is -0.635. The lowest BCUT2D eigenvalue weighted by Gasteiger charge is -2.20. The standard InChI is InChI=1S/C24H20BrN3O2S/c1-24(2)17-8-7-14(22(29)27-19-12-26-18-6-4-3-5-16(18)19)11-20(17)28(23(24)30)13-15-9-10-31-21(15)25/h3-12,26H,13H2,1-2H3,(H,27,29). The van der Waals surface area contributed by atoms with Gasteiger partial charge in [0.1, 0.15) is 0 Å². The molecule has 1 aliphatic heterocycles. The first-order chi connectivity index (χ1) is 14.9. The molecule has 31 heavy (non-hydrogen) atoms. The van der Waals surface area contributed by atoms with Gasteiger partial charge in [-0.15, -0.1) is 11.3 Å². The number of thiophene rings is 1. The van der Waals surface area contributed by atoms with Crippen LogP contribution in [0.2, 0.25) is 0 Å². The summed E-state index contributed by atoms with van der Waals surface area (Å²) in [4.78, 5) is 31.2. The van der Waals surface area contributed by atoms with Crippen molar-refractivity contribution in [3.63, 3.8) is 0 Å². The van der Waals surface area contributed by atoms with Crippen LogP contribution in [0.25, 0.3) is 10.9 Å². The number of aromatic nitrogens is 1. The van der Waals surface area contributed by atoms with E-state index in [4.69, 9.17) is 0 Å². The van der Waals surface area contributed by atoms with Crippen molar-refractivity contribution in [2.75, 3.05) is 10.2 Å². The Balaban J connectivity index is 1.49. The normalized spacial score (nSPS) is 14.8. The van der Waals surface area contributed by atoms with Crippen molar-refractivity contribution in [2.24, 2.45) is 0 Å². The summed E-state index contributed by atoms with van der Waals surface area (Å²) in [6, 6.07) is 15.4. The number of fused-ring (bicyclic) bond motifs is 2. The van der Waals surface area contributed by atoms with Gasteiger partial charge in [0.25, 0.3) is 5.91 Å². The largest absolute Gasteiger partial charge is 0.359 e. The lowest BCUT2D eigenvalue weighted by Crippen LogP contribution is -2.35. The lowest BCUT2D eigenvalue weighted by molar-refractivity contribution is -0.122. The monoisotopic (exact) mass is 493 g/mol. The van der Waals surface area contributed by atoms with Crippen LogP contribution in [0.5, 0.6) is 0 Å². The molecule has 7 heteroatoms. The predicted molar refractivity (Wildman–Crippen MR) is 129 cm³/mol. The molecular formula is C24H20BrN3O2S. The maximum atomic E-state index is 13.2. The lowest BCUT2D eigenvalue weighted by atomic mass is 9.86. The first-order valence-electron chi connectivity index (χ1n) is 9.92. The molecular weight excluding hydrogens is 474 g/mol. The minimum Gasteiger partial charge on any atom is -0.359 e. The molecule has 2 aromatic heterocycles. The van der Waals surface area contributed by atoms with Crippen molar-refractivity contribution >= 4 is 61.4 Å². The van der Waals surface area contributed by atoms with Crippen LogP contribution in [0, 0.1) is 0 Å². The van der Waals surface area contributed by atoms with Crippen LogP contribution in [0.15, 0.2) is 63.9 Å². The summed E-state index contributed by atoms with van der Waals surface area (Å²) in [6.45, 7) is 4.33. The Kier molecular flexibility index (Phi) is 4.75. The molecule has 5 rings (SSSR count). The van der Waals surface area contributed by atoms with Gasteiger partial charge in [0.05, 0.1) is 21.4 Å². The Labute approximate surface area is 192 Å². The van der Waals surface area contributed by atoms with Gasteiger partial charge in [0.15, 0.2) is 0 Å². The average molecular weight is 494 g/mol. The van der Waals surface area contributed by atoms with E-state index in [9.17, 15) is 9.59 Å². The van der Waals surface area contributed by atoms with E-state index >= 15 is 0 Å². The molecule has 156 valence electrons. The third-order valence-electron chi connectivity index (χ3n) is 5.86. The summed E-state index contributed by atoms with van der Waals surface area (Å²) >= 11 is 5.16. The highest BCUT2D eigenvalue weighted by Crippen LogP contribution is 2.43. The molecule has 2 N–H and O–H groups in total. The molecule has 0 unspecified atom stereocenters. The summed E-state index contributed by atoms with van der Waals surface area (Å²) in [5.74, 6) is -0.170. The molecule has 5 nitrogen and oxygen atoms in total. The molecule has 0 radical (unpaired) electrons. The molecule has 0 atom stereocenters. The number of aromatic amines is 1. The van der Waals surface area contributed by atoms with Crippen molar-refractivity contribution in [3.8, 4) is 0 Å². The van der Waals surface area contributed by atoms with E-state index in [1.807, 2.05) is 61.7 Å². The Morgan fingerprint density at radius 3 is 2.77 bits per heavy atom. The quantitative estimate of drug-likeness (QED) is 0.362. The number of amides is 2. The summed E-state index contributed by atoms with van der Waals surface area (Å²) in [5, 5.41) is 5.95. The fraction of sp³-hybridized carbons (Fsp3) is 0.167. The van der Waals surface area contributed by atoms with Crippen molar-refractivity contribution in [1.29, 1.82) is 0 Å². The smallest absolute Gasteiger partial charge is 0.255 e. The van der Waals surface area contributed by atoms with Crippen LogP contribution in [-0.2, 0) is 16.8 Å². The molecule has 0 fully saturated rings. The van der Waals surface area contributed by atoms with Crippen LogP contribution in [0.1, 0.15) is 35.3 Å². The van der Waals surface area contributed by atoms with Gasteiger partial charge in [-0.25, -0.2) is 0 Å². The molecule has 0 spiro atoms. The van der Waals surface area contributed by atoms with Crippen molar-refractivity contribution in [1.82, 2.24) is 4.98 Å². The summed E-state index contributed by atoms with van der Waals surface area (Å²) in [7, 11) is 0. The summed E-state index contributed by atoms with van der Waals surface area (Å²) in [6.07, 6.45) is 1.79. The van der Waals surface area contributed by atoms with E-state index in [2.05, 4.69) is 26.2 Å². The SMILES string of the molecule is CC1(C)C(=O)N(Cc2ccsc2Br)c2cc(C(=O)Nc3c[nH]c4ccccc34)ccc21.